The molecule has 2 nitrogen and oxygen atoms in total. The smallest absolute Gasteiger partial charge is 0.0708 e. The molecule has 2 rings (SSSR count). The Labute approximate surface area is 109 Å². The van der Waals surface area contributed by atoms with Gasteiger partial charge in [-0.25, -0.2) is 0 Å². The van der Waals surface area contributed by atoms with Crippen LogP contribution in [-0.2, 0) is 0 Å². The van der Waals surface area contributed by atoms with Crippen LogP contribution in [-0.4, -0.2) is 4.98 Å². The van der Waals surface area contributed by atoms with Crippen molar-refractivity contribution in [2.75, 3.05) is 0 Å². The number of aryl methyl sites for hydroxylation is 1. The van der Waals surface area contributed by atoms with Gasteiger partial charge in [0, 0.05) is 11.4 Å². The maximum absolute atomic E-state index is 6.27. The highest BCUT2D eigenvalue weighted by atomic mass is 14.8. The summed E-state index contributed by atoms with van der Waals surface area (Å²) >= 11 is 0. The van der Waals surface area contributed by atoms with Gasteiger partial charge >= 0.3 is 0 Å². The molecule has 0 saturated carbocycles. The number of para-hydroxylation sites is 1. The summed E-state index contributed by atoms with van der Waals surface area (Å²) in [5, 5.41) is 1.22. The lowest BCUT2D eigenvalue weighted by molar-refractivity contribution is 0.456. The Balaban J connectivity index is 2.34. The minimum absolute atomic E-state index is 0.0447. The van der Waals surface area contributed by atoms with E-state index in [1.165, 1.54) is 17.4 Å². The molecule has 0 fully saturated rings. The van der Waals surface area contributed by atoms with Crippen LogP contribution in [0.2, 0.25) is 0 Å². The molecule has 2 atom stereocenters. The van der Waals surface area contributed by atoms with E-state index in [1.54, 1.807) is 0 Å². The van der Waals surface area contributed by atoms with Crippen LogP contribution in [0.15, 0.2) is 30.3 Å². The molecule has 2 unspecified atom stereocenters. The highest BCUT2D eigenvalue weighted by Crippen LogP contribution is 2.24. The Bertz CT molecular complexity index is 534. The molecule has 0 aliphatic heterocycles. The Morgan fingerprint density at radius 2 is 2.00 bits per heavy atom. The topological polar surface area (TPSA) is 38.9 Å². The summed E-state index contributed by atoms with van der Waals surface area (Å²) in [5.41, 5.74) is 9.60. The van der Waals surface area contributed by atoms with Crippen LogP contribution in [0.4, 0.5) is 0 Å². The van der Waals surface area contributed by atoms with Gasteiger partial charge in [-0.05, 0) is 37.0 Å². The van der Waals surface area contributed by atoms with Gasteiger partial charge in [0.15, 0.2) is 0 Å². The summed E-state index contributed by atoms with van der Waals surface area (Å²) in [7, 11) is 0. The van der Waals surface area contributed by atoms with Crippen molar-refractivity contribution in [3.8, 4) is 0 Å². The first kappa shape index (κ1) is 13.0. The van der Waals surface area contributed by atoms with Crippen LogP contribution < -0.4 is 5.73 Å². The number of rotatable bonds is 4. The van der Waals surface area contributed by atoms with E-state index in [0.717, 1.165) is 17.6 Å². The predicted octanol–water partition coefficient (Wildman–Crippen LogP) is 3.98. The van der Waals surface area contributed by atoms with Gasteiger partial charge in [-0.1, -0.05) is 38.5 Å². The van der Waals surface area contributed by atoms with Gasteiger partial charge in [-0.2, -0.15) is 0 Å². The summed E-state index contributed by atoms with van der Waals surface area (Å²) in [4.78, 5) is 4.70. The average molecular weight is 242 g/mol. The zero-order valence-electron chi connectivity index (χ0n) is 11.5. The van der Waals surface area contributed by atoms with Crippen molar-refractivity contribution in [1.29, 1.82) is 0 Å². The zero-order valence-corrected chi connectivity index (χ0v) is 11.5. The summed E-state index contributed by atoms with van der Waals surface area (Å²) in [5.74, 6) is 0.647. The number of benzene rings is 1. The highest BCUT2D eigenvalue weighted by Gasteiger charge is 2.13. The van der Waals surface area contributed by atoms with Crippen molar-refractivity contribution in [3.05, 3.63) is 41.6 Å². The normalized spacial score (nSPS) is 14.7. The fourth-order valence-electron chi connectivity index (χ4n) is 2.29. The fraction of sp³-hybridized carbons (Fsp3) is 0.438. The van der Waals surface area contributed by atoms with Crippen molar-refractivity contribution < 1.29 is 0 Å². The second kappa shape index (κ2) is 5.49. The van der Waals surface area contributed by atoms with Gasteiger partial charge in [-0.3, -0.25) is 4.98 Å². The molecule has 96 valence electrons. The van der Waals surface area contributed by atoms with Gasteiger partial charge in [0.05, 0.1) is 11.2 Å². The van der Waals surface area contributed by atoms with Crippen molar-refractivity contribution >= 4 is 10.9 Å². The molecule has 0 aliphatic rings. The van der Waals surface area contributed by atoms with E-state index in [1.807, 2.05) is 6.07 Å². The molecule has 18 heavy (non-hydrogen) atoms. The van der Waals surface area contributed by atoms with Crippen LogP contribution in [0, 0.1) is 12.8 Å². The second-order valence-electron chi connectivity index (χ2n) is 5.24. The third-order valence-corrected chi connectivity index (χ3v) is 3.68. The van der Waals surface area contributed by atoms with E-state index < -0.39 is 0 Å². The molecule has 0 amide bonds. The molecule has 1 heterocycles. The van der Waals surface area contributed by atoms with Gasteiger partial charge in [0.1, 0.15) is 0 Å². The quantitative estimate of drug-likeness (QED) is 0.880. The summed E-state index contributed by atoms with van der Waals surface area (Å²) in [6.07, 6.45) is 2.17. The average Bonchev–Trinajstić information content (AvgIpc) is 2.38. The van der Waals surface area contributed by atoms with Crippen LogP contribution in [0.3, 0.4) is 0 Å². The number of pyridine rings is 1. The molecule has 1 aromatic carbocycles. The van der Waals surface area contributed by atoms with Gasteiger partial charge in [0.2, 0.25) is 0 Å². The minimum atomic E-state index is 0.0447. The van der Waals surface area contributed by atoms with E-state index >= 15 is 0 Å². The molecule has 0 aliphatic carbocycles. The number of nitrogens with zero attached hydrogens (tertiary/aromatic N) is 1. The Kier molecular flexibility index (Phi) is 3.97. The maximum Gasteiger partial charge on any atom is 0.0708 e. The largest absolute Gasteiger partial charge is 0.323 e. The summed E-state index contributed by atoms with van der Waals surface area (Å²) < 4.78 is 0. The fourth-order valence-corrected chi connectivity index (χ4v) is 2.29. The lowest BCUT2D eigenvalue weighted by atomic mass is 9.96. The van der Waals surface area contributed by atoms with E-state index in [9.17, 15) is 0 Å². The highest BCUT2D eigenvalue weighted by molar-refractivity contribution is 5.82. The van der Waals surface area contributed by atoms with Crippen LogP contribution in [0.5, 0.6) is 0 Å². The van der Waals surface area contributed by atoms with Gasteiger partial charge < -0.3 is 5.73 Å². The molecule has 0 radical (unpaired) electrons. The lowest BCUT2D eigenvalue weighted by Gasteiger charge is -2.16. The minimum Gasteiger partial charge on any atom is -0.323 e. The predicted molar refractivity (Wildman–Crippen MR) is 77.5 cm³/mol. The molecule has 2 aromatic rings. The third-order valence-electron chi connectivity index (χ3n) is 3.68. The lowest BCUT2D eigenvalue weighted by Crippen LogP contribution is -2.15. The molecular formula is C16H22N2. The van der Waals surface area contributed by atoms with Crippen molar-refractivity contribution in [2.24, 2.45) is 11.7 Å². The van der Waals surface area contributed by atoms with Crippen LogP contribution in [0.25, 0.3) is 10.9 Å². The summed E-state index contributed by atoms with van der Waals surface area (Å²) in [6.45, 7) is 6.58. The molecule has 1 aromatic heterocycles. The molecule has 0 saturated heterocycles. The number of nitrogens with two attached hydrogens (primary N) is 1. The first-order valence-corrected chi connectivity index (χ1v) is 6.73. The van der Waals surface area contributed by atoms with Crippen molar-refractivity contribution in [2.45, 2.75) is 39.7 Å². The van der Waals surface area contributed by atoms with Gasteiger partial charge in [-0.15, -0.1) is 0 Å². The Morgan fingerprint density at radius 3 is 2.72 bits per heavy atom. The molecule has 0 spiro atoms. The second-order valence-corrected chi connectivity index (χ2v) is 5.24. The number of aromatic nitrogens is 1. The van der Waals surface area contributed by atoms with Crippen molar-refractivity contribution in [3.63, 3.8) is 0 Å². The first-order valence-electron chi connectivity index (χ1n) is 6.73. The van der Waals surface area contributed by atoms with E-state index in [-0.39, 0.29) is 6.04 Å². The van der Waals surface area contributed by atoms with Gasteiger partial charge in [0.25, 0.3) is 0 Å². The van der Waals surface area contributed by atoms with Crippen molar-refractivity contribution in [1.82, 2.24) is 4.98 Å². The number of hydrogen-bond acceptors (Lipinski definition) is 2. The van der Waals surface area contributed by atoms with E-state index in [0.29, 0.717) is 5.92 Å². The summed E-state index contributed by atoms with van der Waals surface area (Å²) in [6, 6.07) is 10.4. The SMILES string of the molecule is CCC(C)CC(N)c1cc(C)c2ccccc2n1. The maximum atomic E-state index is 6.27. The monoisotopic (exact) mass is 242 g/mol. The Hall–Kier alpha value is -1.41. The third kappa shape index (κ3) is 2.70. The first-order chi connectivity index (χ1) is 8.61. The Morgan fingerprint density at radius 1 is 1.28 bits per heavy atom. The molecule has 2 N–H and O–H groups in total. The number of fused-ring (bicyclic) bond motifs is 1. The number of hydrogen-bond donors (Lipinski definition) is 1. The standard InChI is InChI=1S/C16H22N2/c1-4-11(2)9-14(17)16-10-12(3)13-7-5-6-8-15(13)18-16/h5-8,10-11,14H,4,9,17H2,1-3H3. The zero-order chi connectivity index (χ0) is 13.1. The van der Waals surface area contributed by atoms with E-state index in [4.69, 9.17) is 10.7 Å². The molecule has 2 heteroatoms. The molecule has 0 bridgehead atoms. The van der Waals surface area contributed by atoms with Crippen LogP contribution >= 0.6 is 0 Å². The van der Waals surface area contributed by atoms with E-state index in [2.05, 4.69) is 45.0 Å². The van der Waals surface area contributed by atoms with Crippen LogP contribution in [0.1, 0.15) is 44.0 Å². The molecular weight excluding hydrogens is 220 g/mol.